The molecule has 0 bridgehead atoms. The van der Waals surface area contributed by atoms with Crippen LogP contribution in [0, 0.1) is 0 Å². The van der Waals surface area contributed by atoms with Gasteiger partial charge in [0.05, 0.1) is 37.0 Å². The molecule has 208 valence electrons. The Morgan fingerprint density at radius 1 is 0.805 bits per heavy atom. The first-order chi connectivity index (χ1) is 19.9. The van der Waals surface area contributed by atoms with Crippen LogP contribution in [-0.4, -0.2) is 31.1 Å². The summed E-state index contributed by atoms with van der Waals surface area (Å²) in [7, 11) is 2.65. The second kappa shape index (κ2) is 12.1. The largest absolute Gasteiger partial charge is 0.466 e. The third-order valence-corrected chi connectivity index (χ3v) is 7.48. The molecule has 0 saturated carbocycles. The van der Waals surface area contributed by atoms with Gasteiger partial charge in [0.15, 0.2) is 5.13 Å². The van der Waals surface area contributed by atoms with Crippen molar-refractivity contribution in [2.24, 2.45) is 0 Å². The molecule has 0 unspecified atom stereocenters. The van der Waals surface area contributed by atoms with E-state index in [0.717, 1.165) is 22.8 Å². The Bertz CT molecular complexity index is 1600. The normalized spacial score (nSPS) is 13.5. The molecule has 1 aromatic heterocycles. The van der Waals surface area contributed by atoms with Gasteiger partial charge in [0.2, 0.25) is 0 Å². The number of rotatable bonds is 8. The average Bonchev–Trinajstić information content (AvgIpc) is 3.46. The van der Waals surface area contributed by atoms with Crippen LogP contribution in [0.15, 0.2) is 107 Å². The molecule has 4 aromatic rings. The first kappa shape index (κ1) is 27.7. The zero-order valence-electron chi connectivity index (χ0n) is 23.1. The van der Waals surface area contributed by atoms with E-state index >= 15 is 0 Å². The summed E-state index contributed by atoms with van der Waals surface area (Å²) in [6.07, 6.45) is 0. The van der Waals surface area contributed by atoms with Crippen LogP contribution in [-0.2, 0) is 19.1 Å². The molecule has 1 aliphatic heterocycles. The number of nitrogens with zero attached hydrogens (tertiary/aromatic N) is 1. The summed E-state index contributed by atoms with van der Waals surface area (Å²) in [5.74, 6) is -0.260. The first-order valence-electron chi connectivity index (χ1n) is 12.9. The molecule has 0 spiro atoms. The lowest BCUT2D eigenvalue weighted by molar-refractivity contribution is -0.137. The van der Waals surface area contributed by atoms with E-state index in [4.69, 9.17) is 19.2 Å². The highest BCUT2D eigenvalue weighted by Gasteiger charge is 2.38. The molecule has 0 saturated heterocycles. The van der Waals surface area contributed by atoms with E-state index in [1.807, 2.05) is 84.2 Å². The molecule has 3 aromatic carbocycles. The quantitative estimate of drug-likeness (QED) is 0.221. The summed E-state index contributed by atoms with van der Waals surface area (Å²) in [5.41, 5.74) is 5.06. The number of carbonyl (C=O) groups is 2. The van der Waals surface area contributed by atoms with Gasteiger partial charge in [-0.1, -0.05) is 36.4 Å². The van der Waals surface area contributed by atoms with Crippen molar-refractivity contribution in [3.63, 3.8) is 0 Å². The zero-order valence-corrected chi connectivity index (χ0v) is 23.9. The van der Waals surface area contributed by atoms with Crippen molar-refractivity contribution in [3.8, 4) is 22.8 Å². The summed E-state index contributed by atoms with van der Waals surface area (Å²) in [6.45, 7) is 3.58. The highest BCUT2D eigenvalue weighted by atomic mass is 32.1. The van der Waals surface area contributed by atoms with Crippen molar-refractivity contribution < 1.29 is 23.8 Å². The number of hydrogen-bond donors (Lipinski definition) is 2. The van der Waals surface area contributed by atoms with Gasteiger partial charge in [-0.25, -0.2) is 14.6 Å². The van der Waals surface area contributed by atoms with Gasteiger partial charge in [0.25, 0.3) is 0 Å². The van der Waals surface area contributed by atoms with Gasteiger partial charge in [-0.3, -0.25) is 0 Å². The standard InChI is InChI=1S/C32H29N3O5S/c1-19-27(30(36)38-3)29(28(20(2)33-19)31(37)39-4)24-12-8-9-13-25(24)34-32-35-26(18-41-32)21-14-16-23(17-15-21)40-22-10-6-5-7-11-22/h5-18,29,33H,1-4H3,(H,34,35). The summed E-state index contributed by atoms with van der Waals surface area (Å²) in [6, 6.07) is 24.9. The molecule has 0 amide bonds. The number of anilines is 2. The number of aromatic nitrogens is 1. The predicted octanol–water partition coefficient (Wildman–Crippen LogP) is 6.93. The number of carbonyl (C=O) groups excluding carboxylic acids is 2. The lowest BCUT2D eigenvalue weighted by Crippen LogP contribution is -2.32. The second-order valence-corrected chi connectivity index (χ2v) is 10.2. The van der Waals surface area contributed by atoms with Gasteiger partial charge in [-0.15, -0.1) is 11.3 Å². The Morgan fingerprint density at radius 3 is 2.02 bits per heavy atom. The number of dihydropyridines is 1. The maximum absolute atomic E-state index is 12.9. The lowest BCUT2D eigenvalue weighted by atomic mass is 9.79. The fourth-order valence-corrected chi connectivity index (χ4v) is 5.56. The van der Waals surface area contributed by atoms with Gasteiger partial charge in [-0.2, -0.15) is 0 Å². The number of para-hydroxylation sites is 2. The van der Waals surface area contributed by atoms with E-state index in [1.54, 1.807) is 13.8 Å². The van der Waals surface area contributed by atoms with E-state index in [-0.39, 0.29) is 0 Å². The molecule has 9 heteroatoms. The molecule has 0 aliphatic carbocycles. The smallest absolute Gasteiger partial charge is 0.336 e. The Morgan fingerprint density at radius 2 is 1.39 bits per heavy atom. The maximum atomic E-state index is 12.9. The SMILES string of the molecule is COC(=O)C1=C(C)NC(C)=C(C(=O)OC)C1c1ccccc1Nc1nc(-c2ccc(Oc3ccccc3)cc2)cs1. The number of ether oxygens (including phenoxy) is 3. The Balaban J connectivity index is 1.44. The molecular formula is C32H29N3O5S. The molecule has 0 radical (unpaired) electrons. The van der Waals surface area contributed by atoms with Crippen LogP contribution < -0.4 is 15.4 Å². The topological polar surface area (TPSA) is 98.8 Å². The van der Waals surface area contributed by atoms with Crippen molar-refractivity contribution in [2.75, 3.05) is 19.5 Å². The molecule has 0 fully saturated rings. The molecule has 2 N–H and O–H groups in total. The van der Waals surface area contributed by atoms with Crippen molar-refractivity contribution in [3.05, 3.63) is 112 Å². The average molecular weight is 568 g/mol. The molecule has 2 heterocycles. The number of methoxy groups -OCH3 is 2. The van der Waals surface area contributed by atoms with E-state index in [9.17, 15) is 9.59 Å². The third kappa shape index (κ3) is 5.85. The Hall–Kier alpha value is -4.89. The molecule has 41 heavy (non-hydrogen) atoms. The highest BCUT2D eigenvalue weighted by molar-refractivity contribution is 7.14. The molecule has 5 rings (SSSR count). The summed E-state index contributed by atoms with van der Waals surface area (Å²) in [4.78, 5) is 30.7. The van der Waals surface area contributed by atoms with Crippen LogP contribution in [0.3, 0.4) is 0 Å². The fourth-order valence-electron chi connectivity index (χ4n) is 4.83. The van der Waals surface area contributed by atoms with Crippen molar-refractivity contribution >= 4 is 34.1 Å². The maximum Gasteiger partial charge on any atom is 0.336 e. The summed E-state index contributed by atoms with van der Waals surface area (Å²) in [5, 5.41) is 9.16. The van der Waals surface area contributed by atoms with Crippen LogP contribution in [0.2, 0.25) is 0 Å². The van der Waals surface area contributed by atoms with Crippen LogP contribution >= 0.6 is 11.3 Å². The van der Waals surface area contributed by atoms with Gasteiger partial charge in [0.1, 0.15) is 11.5 Å². The van der Waals surface area contributed by atoms with Crippen LogP contribution in [0.5, 0.6) is 11.5 Å². The molecule has 8 nitrogen and oxygen atoms in total. The molecular weight excluding hydrogens is 538 g/mol. The number of thiazole rings is 1. The highest BCUT2D eigenvalue weighted by Crippen LogP contribution is 2.43. The molecule has 0 atom stereocenters. The number of esters is 2. The monoisotopic (exact) mass is 567 g/mol. The van der Waals surface area contributed by atoms with Crippen LogP contribution in [0.1, 0.15) is 25.3 Å². The van der Waals surface area contributed by atoms with Gasteiger partial charge < -0.3 is 24.8 Å². The zero-order chi connectivity index (χ0) is 28.9. The lowest BCUT2D eigenvalue weighted by Gasteiger charge is -2.31. The Kier molecular flexibility index (Phi) is 8.16. The summed E-state index contributed by atoms with van der Waals surface area (Å²) >= 11 is 1.45. The number of nitrogens with one attached hydrogen (secondary N) is 2. The fraction of sp³-hybridized carbons (Fsp3) is 0.156. The number of allylic oxidation sites excluding steroid dienone is 2. The van der Waals surface area contributed by atoms with E-state index in [2.05, 4.69) is 10.6 Å². The van der Waals surface area contributed by atoms with E-state index in [1.165, 1.54) is 25.6 Å². The van der Waals surface area contributed by atoms with Crippen molar-refractivity contribution in [1.29, 1.82) is 0 Å². The predicted molar refractivity (Wildman–Crippen MR) is 159 cm³/mol. The third-order valence-electron chi connectivity index (χ3n) is 6.72. The second-order valence-electron chi connectivity index (χ2n) is 9.31. The van der Waals surface area contributed by atoms with Crippen molar-refractivity contribution in [1.82, 2.24) is 10.3 Å². The van der Waals surface area contributed by atoms with Crippen LogP contribution in [0.25, 0.3) is 11.3 Å². The number of hydrogen-bond acceptors (Lipinski definition) is 9. The number of benzene rings is 3. The van der Waals surface area contributed by atoms with Crippen LogP contribution in [0.4, 0.5) is 10.8 Å². The van der Waals surface area contributed by atoms with Crippen molar-refractivity contribution in [2.45, 2.75) is 19.8 Å². The van der Waals surface area contributed by atoms with E-state index < -0.39 is 17.9 Å². The van der Waals surface area contributed by atoms with E-state index in [0.29, 0.717) is 38.9 Å². The van der Waals surface area contributed by atoms with Gasteiger partial charge >= 0.3 is 11.9 Å². The minimum atomic E-state index is -0.712. The molecule has 1 aliphatic rings. The van der Waals surface area contributed by atoms with Gasteiger partial charge in [-0.05, 0) is 61.9 Å². The van der Waals surface area contributed by atoms with Gasteiger partial charge in [0, 0.05) is 28.0 Å². The summed E-state index contributed by atoms with van der Waals surface area (Å²) < 4.78 is 16.1. The first-order valence-corrected chi connectivity index (χ1v) is 13.8. The minimum absolute atomic E-state index is 0.338. The Labute approximate surface area is 242 Å². The minimum Gasteiger partial charge on any atom is -0.466 e.